The molecule has 0 spiro atoms. The van der Waals surface area contributed by atoms with Crippen LogP contribution >= 0.6 is 11.6 Å². The van der Waals surface area contributed by atoms with Crippen molar-refractivity contribution in [2.45, 2.75) is 13.1 Å². The molecule has 4 nitrogen and oxygen atoms in total. The van der Waals surface area contributed by atoms with Gasteiger partial charge in [-0.1, -0.05) is 17.7 Å². The van der Waals surface area contributed by atoms with E-state index >= 15 is 0 Å². The van der Waals surface area contributed by atoms with Crippen LogP contribution < -0.4 is 5.32 Å². The summed E-state index contributed by atoms with van der Waals surface area (Å²) in [7, 11) is 1.66. The highest BCUT2D eigenvalue weighted by Crippen LogP contribution is 2.19. The Morgan fingerprint density at radius 1 is 1.40 bits per heavy atom. The Bertz CT molecular complexity index is 539. The van der Waals surface area contributed by atoms with Crippen LogP contribution in [0.3, 0.4) is 0 Å². The normalized spacial score (nSPS) is 10.9. The quantitative estimate of drug-likeness (QED) is 0.798. The number of nitrogens with zero attached hydrogens (tertiary/aromatic N) is 2. The first-order chi connectivity index (χ1) is 9.70. The van der Waals surface area contributed by atoms with E-state index in [9.17, 15) is 4.39 Å². The van der Waals surface area contributed by atoms with Gasteiger partial charge in [0, 0.05) is 37.0 Å². The summed E-state index contributed by atoms with van der Waals surface area (Å²) in [5.74, 6) is -0.312. The first-order valence-corrected chi connectivity index (χ1v) is 6.73. The van der Waals surface area contributed by atoms with Crippen molar-refractivity contribution in [1.29, 1.82) is 0 Å². The predicted molar refractivity (Wildman–Crippen MR) is 76.3 cm³/mol. The van der Waals surface area contributed by atoms with E-state index in [2.05, 4.69) is 10.4 Å². The smallest absolute Gasteiger partial charge is 0.129 e. The minimum Gasteiger partial charge on any atom is -0.383 e. The molecule has 0 atom stereocenters. The summed E-state index contributed by atoms with van der Waals surface area (Å²) in [5, 5.41) is 7.99. The molecule has 0 saturated heterocycles. The average molecular weight is 298 g/mol. The molecule has 0 radical (unpaired) electrons. The first-order valence-electron chi connectivity index (χ1n) is 6.35. The van der Waals surface area contributed by atoms with Gasteiger partial charge in [0.2, 0.25) is 0 Å². The Kier molecular flexibility index (Phi) is 5.52. The van der Waals surface area contributed by atoms with Crippen molar-refractivity contribution in [1.82, 2.24) is 15.1 Å². The number of halogens is 2. The van der Waals surface area contributed by atoms with E-state index in [1.807, 2.05) is 12.3 Å². The van der Waals surface area contributed by atoms with Crippen LogP contribution in [-0.4, -0.2) is 30.0 Å². The lowest BCUT2D eigenvalue weighted by Crippen LogP contribution is -2.19. The monoisotopic (exact) mass is 297 g/mol. The Morgan fingerprint density at radius 3 is 3.00 bits per heavy atom. The van der Waals surface area contributed by atoms with Crippen molar-refractivity contribution < 1.29 is 9.13 Å². The summed E-state index contributed by atoms with van der Waals surface area (Å²) in [4.78, 5) is 0. The third-order valence-electron chi connectivity index (χ3n) is 2.87. The van der Waals surface area contributed by atoms with E-state index < -0.39 is 0 Å². The van der Waals surface area contributed by atoms with Gasteiger partial charge >= 0.3 is 0 Å². The van der Waals surface area contributed by atoms with Crippen molar-refractivity contribution >= 4 is 11.6 Å². The minimum absolute atomic E-state index is 0.312. The van der Waals surface area contributed by atoms with Gasteiger partial charge in [-0.05, 0) is 18.2 Å². The lowest BCUT2D eigenvalue weighted by molar-refractivity contribution is 0.199. The molecule has 0 fully saturated rings. The second-order valence-electron chi connectivity index (χ2n) is 4.37. The Morgan fingerprint density at radius 2 is 2.25 bits per heavy atom. The van der Waals surface area contributed by atoms with Crippen LogP contribution in [0.25, 0.3) is 0 Å². The highest BCUT2D eigenvalue weighted by Gasteiger charge is 2.08. The molecule has 1 heterocycles. The molecule has 0 unspecified atom stereocenters. The van der Waals surface area contributed by atoms with Gasteiger partial charge in [0.15, 0.2) is 0 Å². The summed E-state index contributed by atoms with van der Waals surface area (Å²) in [6.07, 6.45) is 1.82. The molecule has 0 saturated carbocycles. The van der Waals surface area contributed by atoms with E-state index in [1.165, 1.54) is 6.07 Å². The van der Waals surface area contributed by atoms with Gasteiger partial charge in [-0.25, -0.2) is 4.39 Å². The molecule has 2 aromatic rings. The van der Waals surface area contributed by atoms with Crippen LogP contribution in [0.5, 0.6) is 0 Å². The molecule has 0 bridgehead atoms. The fourth-order valence-electron chi connectivity index (χ4n) is 1.82. The Balaban J connectivity index is 1.96. The summed E-state index contributed by atoms with van der Waals surface area (Å²) in [5.41, 5.74) is 1.35. The number of hydrogen-bond acceptors (Lipinski definition) is 3. The fraction of sp³-hybridized carbons (Fsp3) is 0.357. The molecule has 6 heteroatoms. The molecule has 0 amide bonds. The van der Waals surface area contributed by atoms with Gasteiger partial charge in [-0.15, -0.1) is 0 Å². The minimum atomic E-state index is -0.312. The zero-order valence-corrected chi connectivity index (χ0v) is 12.0. The Labute approximate surface area is 122 Å². The van der Waals surface area contributed by atoms with Gasteiger partial charge in [0.1, 0.15) is 5.82 Å². The second kappa shape index (κ2) is 7.38. The topological polar surface area (TPSA) is 39.1 Å². The fourth-order valence-corrected chi connectivity index (χ4v) is 2.04. The average Bonchev–Trinajstić information content (AvgIpc) is 2.87. The van der Waals surface area contributed by atoms with E-state index in [-0.39, 0.29) is 5.82 Å². The lowest BCUT2D eigenvalue weighted by Gasteiger charge is -2.06. The number of nitrogens with one attached hydrogen (secondary N) is 1. The van der Waals surface area contributed by atoms with Gasteiger partial charge in [0.25, 0.3) is 0 Å². The molecule has 1 N–H and O–H groups in total. The molecule has 0 aliphatic heterocycles. The maximum atomic E-state index is 13.7. The SMILES string of the molecule is COCCNCc1ccn(Cc2c(F)cccc2Cl)n1. The number of rotatable bonds is 7. The molecule has 1 aromatic heterocycles. The van der Waals surface area contributed by atoms with Gasteiger partial charge in [-0.3, -0.25) is 4.68 Å². The summed E-state index contributed by atoms with van der Waals surface area (Å²) >= 11 is 6.00. The van der Waals surface area contributed by atoms with Crippen molar-refractivity contribution in [3.05, 3.63) is 52.6 Å². The number of methoxy groups -OCH3 is 1. The predicted octanol–water partition coefficient (Wildman–Crippen LogP) is 2.46. The third-order valence-corrected chi connectivity index (χ3v) is 3.22. The highest BCUT2D eigenvalue weighted by molar-refractivity contribution is 6.31. The zero-order valence-electron chi connectivity index (χ0n) is 11.3. The van der Waals surface area contributed by atoms with Crippen LogP contribution in [0, 0.1) is 5.82 Å². The molecule has 20 heavy (non-hydrogen) atoms. The molecule has 2 rings (SSSR count). The highest BCUT2D eigenvalue weighted by atomic mass is 35.5. The van der Waals surface area contributed by atoms with Gasteiger partial charge < -0.3 is 10.1 Å². The molecule has 0 aliphatic rings. The van der Waals surface area contributed by atoms with Crippen molar-refractivity contribution in [2.75, 3.05) is 20.3 Å². The van der Waals surface area contributed by atoms with E-state index in [4.69, 9.17) is 16.3 Å². The zero-order chi connectivity index (χ0) is 14.4. The third kappa shape index (κ3) is 4.03. The molecule has 0 aliphatic carbocycles. The van der Waals surface area contributed by atoms with Crippen LogP contribution in [0.4, 0.5) is 4.39 Å². The summed E-state index contributed by atoms with van der Waals surface area (Å²) in [6.45, 7) is 2.40. The molecular formula is C14H17ClFN3O. The standard InChI is InChI=1S/C14H17ClFN3O/c1-20-8-6-17-9-11-5-7-19(18-11)10-12-13(15)3-2-4-14(12)16/h2-5,7,17H,6,8-10H2,1H3. The molecular weight excluding hydrogens is 281 g/mol. The maximum Gasteiger partial charge on any atom is 0.129 e. The van der Waals surface area contributed by atoms with Crippen molar-refractivity contribution in [2.24, 2.45) is 0 Å². The van der Waals surface area contributed by atoms with E-state index in [0.29, 0.717) is 30.3 Å². The number of benzene rings is 1. The van der Waals surface area contributed by atoms with Gasteiger partial charge in [0.05, 0.1) is 18.8 Å². The summed E-state index contributed by atoms with van der Waals surface area (Å²) in [6, 6.07) is 6.57. The van der Waals surface area contributed by atoms with Crippen LogP contribution in [0.2, 0.25) is 5.02 Å². The van der Waals surface area contributed by atoms with E-state index in [1.54, 1.807) is 23.9 Å². The number of aromatic nitrogens is 2. The lowest BCUT2D eigenvalue weighted by atomic mass is 10.2. The Hall–Kier alpha value is -1.43. The van der Waals surface area contributed by atoms with Crippen LogP contribution in [-0.2, 0) is 17.8 Å². The van der Waals surface area contributed by atoms with Crippen LogP contribution in [0.1, 0.15) is 11.3 Å². The largest absolute Gasteiger partial charge is 0.383 e. The van der Waals surface area contributed by atoms with Gasteiger partial charge in [-0.2, -0.15) is 5.10 Å². The van der Waals surface area contributed by atoms with Crippen molar-refractivity contribution in [3.8, 4) is 0 Å². The van der Waals surface area contributed by atoms with Crippen molar-refractivity contribution in [3.63, 3.8) is 0 Å². The molecule has 1 aromatic carbocycles. The van der Waals surface area contributed by atoms with Crippen LogP contribution in [0.15, 0.2) is 30.5 Å². The second-order valence-corrected chi connectivity index (χ2v) is 4.78. The first kappa shape index (κ1) is 15.0. The molecule has 108 valence electrons. The maximum absolute atomic E-state index is 13.7. The number of hydrogen-bond donors (Lipinski definition) is 1. The van der Waals surface area contributed by atoms with E-state index in [0.717, 1.165) is 12.2 Å². The summed E-state index contributed by atoms with van der Waals surface area (Å²) < 4.78 is 20.3. The number of ether oxygens (including phenoxy) is 1.